The third kappa shape index (κ3) is 1.87. The van der Waals surface area contributed by atoms with E-state index in [-0.39, 0.29) is 16.3 Å². The van der Waals surface area contributed by atoms with Crippen molar-refractivity contribution in [3.8, 4) is 11.1 Å². The number of nitrogens with one attached hydrogen (secondary N) is 2. The van der Waals surface area contributed by atoms with Gasteiger partial charge in [-0.1, -0.05) is 11.6 Å². The molecular weight excluding hydrogens is 237 g/mol. The lowest BCUT2D eigenvalue weighted by atomic mass is 10.1. The van der Waals surface area contributed by atoms with Gasteiger partial charge in [0, 0.05) is 11.8 Å². The lowest BCUT2D eigenvalue weighted by molar-refractivity contribution is 0.622. The molecule has 0 unspecified atom stereocenters. The zero-order valence-electron chi connectivity index (χ0n) is 7.75. The highest BCUT2D eigenvalue weighted by atomic mass is 35.5. The van der Waals surface area contributed by atoms with Crippen LogP contribution in [-0.2, 0) is 0 Å². The largest absolute Gasteiger partial charge is 0.325 e. The highest BCUT2D eigenvalue weighted by Gasteiger charge is 2.10. The van der Waals surface area contributed by atoms with E-state index in [0.29, 0.717) is 0 Å². The van der Waals surface area contributed by atoms with Crippen molar-refractivity contribution in [2.24, 2.45) is 0 Å². The normalized spacial score (nSPS) is 10.4. The van der Waals surface area contributed by atoms with E-state index < -0.39 is 17.1 Å². The van der Waals surface area contributed by atoms with Crippen molar-refractivity contribution in [2.75, 3.05) is 0 Å². The Balaban J connectivity index is 2.72. The highest BCUT2D eigenvalue weighted by molar-refractivity contribution is 6.32. The van der Waals surface area contributed by atoms with Gasteiger partial charge in [-0.3, -0.25) is 9.78 Å². The number of rotatable bonds is 1. The maximum absolute atomic E-state index is 12.9. The summed E-state index contributed by atoms with van der Waals surface area (Å²) >= 11 is 5.72. The Hall–Kier alpha value is -1.95. The summed E-state index contributed by atoms with van der Waals surface area (Å²) in [5, 5.41) is -0.0149. The number of aromatic amines is 2. The Bertz CT molecular complexity index is 650. The molecule has 0 aliphatic heterocycles. The lowest BCUT2D eigenvalue weighted by Crippen LogP contribution is -2.22. The lowest BCUT2D eigenvalue weighted by Gasteiger charge is -2.01. The van der Waals surface area contributed by atoms with Crippen molar-refractivity contribution < 1.29 is 4.39 Å². The SMILES string of the molecule is O=c1[nH]cc(-c2cc(F)cnc2Cl)c(=O)[nH]1. The second-order valence-corrected chi connectivity index (χ2v) is 3.34. The first-order valence-electron chi connectivity index (χ1n) is 4.21. The van der Waals surface area contributed by atoms with Crippen LogP contribution in [-0.4, -0.2) is 15.0 Å². The molecule has 0 bridgehead atoms. The third-order valence-corrected chi connectivity index (χ3v) is 2.22. The van der Waals surface area contributed by atoms with Crippen molar-refractivity contribution in [3.63, 3.8) is 0 Å². The number of aromatic nitrogens is 3. The smallest absolute Gasteiger partial charge is 0.313 e. The van der Waals surface area contributed by atoms with Crippen LogP contribution in [0.2, 0.25) is 5.15 Å². The maximum Gasteiger partial charge on any atom is 0.325 e. The van der Waals surface area contributed by atoms with E-state index in [4.69, 9.17) is 11.6 Å². The summed E-state index contributed by atoms with van der Waals surface area (Å²) in [5.74, 6) is -0.620. The second-order valence-electron chi connectivity index (χ2n) is 2.98. The first-order chi connectivity index (χ1) is 7.58. The zero-order valence-corrected chi connectivity index (χ0v) is 8.51. The quantitative estimate of drug-likeness (QED) is 0.729. The molecule has 0 fully saturated rings. The Morgan fingerprint density at radius 1 is 1.31 bits per heavy atom. The fourth-order valence-electron chi connectivity index (χ4n) is 1.22. The monoisotopic (exact) mass is 241 g/mol. The molecule has 2 aromatic heterocycles. The van der Waals surface area contributed by atoms with Crippen LogP contribution in [0.4, 0.5) is 4.39 Å². The van der Waals surface area contributed by atoms with Crippen molar-refractivity contribution in [2.45, 2.75) is 0 Å². The summed E-state index contributed by atoms with van der Waals surface area (Å²) in [6, 6.07) is 1.07. The predicted octanol–water partition coefficient (Wildman–Crippen LogP) is 0.918. The Morgan fingerprint density at radius 3 is 2.75 bits per heavy atom. The zero-order chi connectivity index (χ0) is 11.7. The molecule has 0 saturated carbocycles. The van der Waals surface area contributed by atoms with Gasteiger partial charge >= 0.3 is 5.69 Å². The van der Waals surface area contributed by atoms with Crippen molar-refractivity contribution in [3.05, 3.63) is 50.3 Å². The number of pyridine rings is 1. The average Bonchev–Trinajstić information content (AvgIpc) is 2.22. The van der Waals surface area contributed by atoms with Crippen LogP contribution in [0.3, 0.4) is 0 Å². The minimum atomic E-state index is -0.655. The van der Waals surface area contributed by atoms with Crippen LogP contribution >= 0.6 is 11.6 Å². The molecule has 0 radical (unpaired) electrons. The van der Waals surface area contributed by atoms with Gasteiger partial charge in [-0.2, -0.15) is 0 Å². The number of H-pyrrole nitrogens is 2. The van der Waals surface area contributed by atoms with Crippen LogP contribution in [0.1, 0.15) is 0 Å². The van der Waals surface area contributed by atoms with Gasteiger partial charge in [0.15, 0.2) is 0 Å². The first-order valence-corrected chi connectivity index (χ1v) is 4.59. The van der Waals surface area contributed by atoms with Crippen LogP contribution < -0.4 is 11.2 Å². The summed E-state index contributed by atoms with van der Waals surface area (Å²) in [6.45, 7) is 0. The number of hydrogen-bond donors (Lipinski definition) is 2. The van der Waals surface area contributed by atoms with E-state index in [0.717, 1.165) is 18.5 Å². The molecular formula is C9H5ClFN3O2. The van der Waals surface area contributed by atoms with E-state index in [9.17, 15) is 14.0 Å². The van der Waals surface area contributed by atoms with Crippen LogP contribution in [0.5, 0.6) is 0 Å². The molecule has 0 spiro atoms. The van der Waals surface area contributed by atoms with E-state index in [1.54, 1.807) is 0 Å². The minimum absolute atomic E-state index is 0.0149. The summed E-state index contributed by atoms with van der Waals surface area (Å²) in [4.78, 5) is 30.0. The van der Waals surface area contributed by atoms with Crippen LogP contribution in [0.25, 0.3) is 11.1 Å². The molecule has 2 heterocycles. The number of halogens is 2. The predicted molar refractivity (Wildman–Crippen MR) is 55.9 cm³/mol. The summed E-state index contributed by atoms with van der Waals surface area (Å²) < 4.78 is 12.9. The van der Waals surface area contributed by atoms with Gasteiger partial charge in [0.05, 0.1) is 11.8 Å². The molecule has 0 saturated heterocycles. The molecule has 5 nitrogen and oxygen atoms in total. The Kier molecular flexibility index (Phi) is 2.57. The third-order valence-electron chi connectivity index (χ3n) is 1.92. The van der Waals surface area contributed by atoms with Crippen molar-refractivity contribution >= 4 is 11.6 Å². The van der Waals surface area contributed by atoms with E-state index in [1.165, 1.54) is 0 Å². The molecule has 82 valence electrons. The van der Waals surface area contributed by atoms with Gasteiger partial charge in [0.1, 0.15) is 11.0 Å². The van der Waals surface area contributed by atoms with Gasteiger partial charge in [-0.15, -0.1) is 0 Å². The van der Waals surface area contributed by atoms with Gasteiger partial charge in [0.25, 0.3) is 5.56 Å². The number of nitrogens with zero attached hydrogens (tertiary/aromatic N) is 1. The molecule has 2 aromatic rings. The summed E-state index contributed by atoms with van der Waals surface area (Å²) in [6.07, 6.45) is 2.09. The fraction of sp³-hybridized carbons (Fsp3) is 0. The van der Waals surface area contributed by atoms with Crippen molar-refractivity contribution in [1.29, 1.82) is 0 Å². The average molecular weight is 242 g/mol. The van der Waals surface area contributed by atoms with Gasteiger partial charge in [0.2, 0.25) is 0 Å². The van der Waals surface area contributed by atoms with E-state index in [1.807, 2.05) is 4.98 Å². The molecule has 7 heteroatoms. The topological polar surface area (TPSA) is 78.6 Å². The van der Waals surface area contributed by atoms with Gasteiger partial charge in [-0.25, -0.2) is 14.2 Å². The minimum Gasteiger partial charge on any atom is -0.313 e. The Labute approximate surface area is 92.9 Å². The molecule has 0 aromatic carbocycles. The van der Waals surface area contributed by atoms with Crippen LogP contribution in [0, 0.1) is 5.82 Å². The van der Waals surface area contributed by atoms with Gasteiger partial charge in [-0.05, 0) is 6.07 Å². The highest BCUT2D eigenvalue weighted by Crippen LogP contribution is 2.22. The molecule has 0 aliphatic carbocycles. The van der Waals surface area contributed by atoms with Crippen molar-refractivity contribution in [1.82, 2.24) is 15.0 Å². The van der Waals surface area contributed by atoms with E-state index in [2.05, 4.69) is 9.97 Å². The Morgan fingerprint density at radius 2 is 2.06 bits per heavy atom. The molecule has 16 heavy (non-hydrogen) atoms. The van der Waals surface area contributed by atoms with Crippen LogP contribution in [0.15, 0.2) is 28.0 Å². The van der Waals surface area contributed by atoms with Gasteiger partial charge < -0.3 is 4.98 Å². The second kappa shape index (κ2) is 3.90. The molecule has 0 amide bonds. The molecule has 2 N–H and O–H groups in total. The molecule has 0 atom stereocenters. The standard InChI is InChI=1S/C9H5ClFN3O2/c10-7-5(1-4(11)2-12-7)6-3-13-9(16)14-8(6)15/h1-3H,(H2,13,14,15,16). The fourth-order valence-corrected chi connectivity index (χ4v) is 1.43. The summed E-state index contributed by atoms with van der Waals surface area (Å²) in [5.41, 5.74) is -1.12. The molecule has 0 aliphatic rings. The number of hydrogen-bond acceptors (Lipinski definition) is 3. The summed E-state index contributed by atoms with van der Waals surface area (Å²) in [7, 11) is 0. The molecule has 2 rings (SSSR count). The van der Waals surface area contributed by atoms with E-state index >= 15 is 0 Å². The first kappa shape index (κ1) is 10.6. The maximum atomic E-state index is 12.9.